The SMILES string of the molecule is NC1CCN2CCc3cccc(F)c3C12. The van der Waals surface area contributed by atoms with Gasteiger partial charge in [-0.2, -0.15) is 0 Å². The molecule has 80 valence electrons. The van der Waals surface area contributed by atoms with Crippen LogP contribution in [-0.4, -0.2) is 24.0 Å². The Balaban J connectivity index is 2.12. The molecular formula is C12H15FN2. The Kier molecular flexibility index (Phi) is 2.04. The summed E-state index contributed by atoms with van der Waals surface area (Å²) in [5.41, 5.74) is 8.07. The predicted molar refractivity (Wildman–Crippen MR) is 57.0 cm³/mol. The Hall–Kier alpha value is -0.930. The molecule has 2 unspecified atom stereocenters. The largest absolute Gasteiger partial charge is 0.326 e. The minimum atomic E-state index is -0.0837. The molecule has 2 heterocycles. The van der Waals surface area contributed by atoms with Crippen molar-refractivity contribution in [2.75, 3.05) is 13.1 Å². The van der Waals surface area contributed by atoms with E-state index in [0.717, 1.165) is 37.1 Å². The van der Waals surface area contributed by atoms with E-state index in [0.29, 0.717) is 0 Å². The Morgan fingerprint density at radius 3 is 3.07 bits per heavy atom. The van der Waals surface area contributed by atoms with Gasteiger partial charge in [-0.1, -0.05) is 12.1 Å². The highest BCUT2D eigenvalue weighted by Crippen LogP contribution is 2.38. The third kappa shape index (κ3) is 1.30. The number of hydrogen-bond acceptors (Lipinski definition) is 2. The maximum atomic E-state index is 13.8. The average Bonchev–Trinajstić information content (AvgIpc) is 2.61. The summed E-state index contributed by atoms with van der Waals surface area (Å²) >= 11 is 0. The first-order valence-electron chi connectivity index (χ1n) is 5.54. The van der Waals surface area contributed by atoms with E-state index >= 15 is 0 Å². The van der Waals surface area contributed by atoms with E-state index in [1.54, 1.807) is 12.1 Å². The van der Waals surface area contributed by atoms with Crippen molar-refractivity contribution >= 4 is 0 Å². The summed E-state index contributed by atoms with van der Waals surface area (Å²) in [7, 11) is 0. The van der Waals surface area contributed by atoms with Crippen LogP contribution in [0.15, 0.2) is 18.2 Å². The molecule has 2 aliphatic rings. The lowest BCUT2D eigenvalue weighted by molar-refractivity contribution is 0.228. The molecule has 0 spiro atoms. The monoisotopic (exact) mass is 206 g/mol. The summed E-state index contributed by atoms with van der Waals surface area (Å²) in [6.07, 6.45) is 1.94. The summed E-state index contributed by atoms with van der Waals surface area (Å²) in [6, 6.07) is 5.59. The Morgan fingerprint density at radius 1 is 1.33 bits per heavy atom. The fourth-order valence-corrected chi connectivity index (χ4v) is 2.93. The zero-order valence-corrected chi connectivity index (χ0v) is 8.62. The van der Waals surface area contributed by atoms with E-state index in [2.05, 4.69) is 4.90 Å². The molecule has 2 atom stereocenters. The second-order valence-electron chi connectivity index (χ2n) is 4.50. The lowest BCUT2D eigenvalue weighted by atomic mass is 9.90. The van der Waals surface area contributed by atoms with Crippen molar-refractivity contribution in [1.29, 1.82) is 0 Å². The molecule has 2 aliphatic heterocycles. The molecule has 0 amide bonds. The Morgan fingerprint density at radius 2 is 2.20 bits per heavy atom. The molecule has 0 saturated carbocycles. The van der Waals surface area contributed by atoms with Crippen molar-refractivity contribution < 1.29 is 4.39 Å². The van der Waals surface area contributed by atoms with Gasteiger partial charge in [0.25, 0.3) is 0 Å². The summed E-state index contributed by atoms with van der Waals surface area (Å²) in [6.45, 7) is 2.04. The van der Waals surface area contributed by atoms with Crippen LogP contribution in [0.2, 0.25) is 0 Å². The smallest absolute Gasteiger partial charge is 0.128 e. The van der Waals surface area contributed by atoms with Gasteiger partial charge >= 0.3 is 0 Å². The van der Waals surface area contributed by atoms with Crippen molar-refractivity contribution in [2.45, 2.75) is 24.9 Å². The van der Waals surface area contributed by atoms with Gasteiger partial charge in [0.2, 0.25) is 0 Å². The van der Waals surface area contributed by atoms with Crippen LogP contribution in [-0.2, 0) is 6.42 Å². The first kappa shape index (κ1) is 9.31. The van der Waals surface area contributed by atoms with Crippen LogP contribution in [0.5, 0.6) is 0 Å². The lowest BCUT2D eigenvalue weighted by Crippen LogP contribution is -2.37. The second-order valence-corrected chi connectivity index (χ2v) is 4.50. The van der Waals surface area contributed by atoms with Gasteiger partial charge in [0, 0.05) is 24.7 Å². The van der Waals surface area contributed by atoms with Gasteiger partial charge in [-0.15, -0.1) is 0 Å². The molecule has 15 heavy (non-hydrogen) atoms. The zero-order chi connectivity index (χ0) is 10.4. The van der Waals surface area contributed by atoms with Gasteiger partial charge in [0.15, 0.2) is 0 Å². The van der Waals surface area contributed by atoms with E-state index in [1.807, 2.05) is 6.07 Å². The van der Waals surface area contributed by atoms with Crippen LogP contribution in [0.4, 0.5) is 4.39 Å². The highest BCUT2D eigenvalue weighted by Gasteiger charge is 2.38. The van der Waals surface area contributed by atoms with Crippen LogP contribution >= 0.6 is 0 Å². The average molecular weight is 206 g/mol. The van der Waals surface area contributed by atoms with Crippen LogP contribution in [0.3, 0.4) is 0 Å². The molecular weight excluding hydrogens is 191 g/mol. The quantitative estimate of drug-likeness (QED) is 0.696. The number of benzene rings is 1. The van der Waals surface area contributed by atoms with Crippen molar-refractivity contribution in [3.63, 3.8) is 0 Å². The van der Waals surface area contributed by atoms with E-state index in [9.17, 15) is 4.39 Å². The first-order chi connectivity index (χ1) is 7.27. The molecule has 2 N–H and O–H groups in total. The molecule has 1 aromatic rings. The summed E-state index contributed by atoms with van der Waals surface area (Å²) < 4.78 is 13.8. The number of rotatable bonds is 0. The first-order valence-corrected chi connectivity index (χ1v) is 5.54. The van der Waals surface area contributed by atoms with Crippen molar-refractivity contribution in [1.82, 2.24) is 4.90 Å². The van der Waals surface area contributed by atoms with Gasteiger partial charge in [-0.25, -0.2) is 4.39 Å². The number of halogens is 1. The van der Waals surface area contributed by atoms with Crippen molar-refractivity contribution in [3.8, 4) is 0 Å². The molecule has 0 radical (unpaired) electrons. The van der Waals surface area contributed by atoms with Gasteiger partial charge in [-0.3, -0.25) is 4.90 Å². The molecule has 0 aromatic heterocycles. The number of hydrogen-bond donors (Lipinski definition) is 1. The van der Waals surface area contributed by atoms with Crippen LogP contribution in [0, 0.1) is 5.82 Å². The van der Waals surface area contributed by atoms with Crippen molar-refractivity contribution in [2.24, 2.45) is 5.73 Å². The Bertz CT molecular complexity index is 391. The second kappa shape index (κ2) is 3.29. The molecule has 2 nitrogen and oxygen atoms in total. The minimum absolute atomic E-state index is 0.0837. The van der Waals surface area contributed by atoms with Crippen molar-refractivity contribution in [3.05, 3.63) is 35.1 Å². The van der Waals surface area contributed by atoms with Gasteiger partial charge < -0.3 is 5.73 Å². The normalized spacial score (nSPS) is 30.0. The molecule has 3 rings (SSSR count). The molecule has 1 fully saturated rings. The van der Waals surface area contributed by atoms with Crippen LogP contribution in [0.1, 0.15) is 23.6 Å². The topological polar surface area (TPSA) is 29.3 Å². The molecule has 0 bridgehead atoms. The molecule has 1 aromatic carbocycles. The molecule has 3 heteroatoms. The third-order valence-electron chi connectivity index (χ3n) is 3.66. The Labute approximate surface area is 88.9 Å². The van der Waals surface area contributed by atoms with Crippen LogP contribution in [0.25, 0.3) is 0 Å². The maximum absolute atomic E-state index is 13.8. The number of nitrogens with zero attached hydrogens (tertiary/aromatic N) is 1. The van der Waals surface area contributed by atoms with Gasteiger partial charge in [-0.05, 0) is 24.5 Å². The number of nitrogens with two attached hydrogens (primary N) is 1. The maximum Gasteiger partial charge on any atom is 0.128 e. The summed E-state index contributed by atoms with van der Waals surface area (Å²) in [5.74, 6) is -0.0837. The minimum Gasteiger partial charge on any atom is -0.326 e. The number of fused-ring (bicyclic) bond motifs is 3. The fraction of sp³-hybridized carbons (Fsp3) is 0.500. The van der Waals surface area contributed by atoms with Crippen LogP contribution < -0.4 is 5.73 Å². The molecule has 1 saturated heterocycles. The third-order valence-corrected chi connectivity index (χ3v) is 3.66. The van der Waals surface area contributed by atoms with E-state index < -0.39 is 0 Å². The lowest BCUT2D eigenvalue weighted by Gasteiger charge is -2.33. The van der Waals surface area contributed by atoms with E-state index in [-0.39, 0.29) is 17.9 Å². The fourth-order valence-electron chi connectivity index (χ4n) is 2.93. The van der Waals surface area contributed by atoms with Gasteiger partial charge in [0.1, 0.15) is 5.82 Å². The zero-order valence-electron chi connectivity index (χ0n) is 8.62. The summed E-state index contributed by atoms with van der Waals surface area (Å²) in [4.78, 5) is 2.32. The highest BCUT2D eigenvalue weighted by molar-refractivity contribution is 5.35. The summed E-state index contributed by atoms with van der Waals surface area (Å²) in [5, 5.41) is 0. The van der Waals surface area contributed by atoms with E-state index in [1.165, 1.54) is 0 Å². The highest BCUT2D eigenvalue weighted by atomic mass is 19.1. The van der Waals surface area contributed by atoms with Gasteiger partial charge in [0.05, 0.1) is 6.04 Å². The molecule has 0 aliphatic carbocycles. The standard InChI is InChI=1S/C12H15FN2/c13-9-3-1-2-8-4-6-15-7-5-10(14)12(15)11(8)9/h1-3,10,12H,4-7,14H2. The predicted octanol–water partition coefficient (Wildman–Crippen LogP) is 1.46. The van der Waals surface area contributed by atoms with E-state index in [4.69, 9.17) is 5.73 Å².